The molecule has 0 fully saturated rings. The molecule has 0 aliphatic carbocycles. The molecule has 0 spiro atoms. The predicted octanol–water partition coefficient (Wildman–Crippen LogP) is 7.48. The smallest absolute Gasteiger partial charge is 0.227 e. The van der Waals surface area contributed by atoms with E-state index < -0.39 is 0 Å². The van der Waals surface area contributed by atoms with Crippen LogP contribution in [0.3, 0.4) is 0 Å². The number of fused-ring (bicyclic) bond motifs is 4. The summed E-state index contributed by atoms with van der Waals surface area (Å²) in [7, 11) is 0. The summed E-state index contributed by atoms with van der Waals surface area (Å²) in [5.41, 5.74) is 7.93. The molecule has 0 saturated heterocycles. The maximum Gasteiger partial charge on any atom is 0.227 e. The van der Waals surface area contributed by atoms with Gasteiger partial charge < -0.3 is 4.42 Å². The first-order valence-corrected chi connectivity index (χ1v) is 10.4. The van der Waals surface area contributed by atoms with Crippen LogP contribution in [-0.2, 0) is 0 Å². The van der Waals surface area contributed by atoms with Crippen LogP contribution in [0.15, 0.2) is 89.5 Å². The van der Waals surface area contributed by atoms with Crippen LogP contribution in [0.4, 0.5) is 0 Å². The van der Waals surface area contributed by atoms with Gasteiger partial charge in [-0.05, 0) is 77.7 Å². The van der Waals surface area contributed by atoms with Crippen molar-refractivity contribution in [3.05, 3.63) is 96.3 Å². The van der Waals surface area contributed by atoms with Crippen LogP contribution in [-0.4, -0.2) is 9.97 Å². The highest BCUT2D eigenvalue weighted by Crippen LogP contribution is 2.36. The fraction of sp³-hybridized carbons (Fsp3) is 0.0714. The lowest BCUT2D eigenvalue weighted by Crippen LogP contribution is -1.89. The Hall–Kier alpha value is -3.98. The number of rotatable bonds is 2. The van der Waals surface area contributed by atoms with Gasteiger partial charge in [0.05, 0.1) is 5.69 Å². The Labute approximate surface area is 180 Å². The molecule has 6 aromatic rings. The minimum absolute atomic E-state index is 0.670. The Morgan fingerprint density at radius 1 is 0.710 bits per heavy atom. The van der Waals surface area contributed by atoms with Crippen molar-refractivity contribution in [2.24, 2.45) is 0 Å². The second kappa shape index (κ2) is 6.78. The number of nitrogens with zero attached hydrogens (tertiary/aromatic N) is 2. The fourth-order valence-electron chi connectivity index (χ4n) is 4.38. The monoisotopic (exact) mass is 400 g/mol. The van der Waals surface area contributed by atoms with Gasteiger partial charge in [0.15, 0.2) is 0 Å². The third-order valence-corrected chi connectivity index (χ3v) is 5.94. The molecule has 3 heteroatoms. The van der Waals surface area contributed by atoms with Gasteiger partial charge in [0, 0.05) is 28.2 Å². The van der Waals surface area contributed by atoms with Crippen molar-refractivity contribution in [1.82, 2.24) is 9.97 Å². The van der Waals surface area contributed by atoms with Gasteiger partial charge in [-0.2, -0.15) is 0 Å². The van der Waals surface area contributed by atoms with E-state index in [0.29, 0.717) is 5.71 Å². The number of pyridine rings is 2. The van der Waals surface area contributed by atoms with E-state index in [2.05, 4.69) is 89.7 Å². The first-order chi connectivity index (χ1) is 15.2. The molecule has 3 aromatic carbocycles. The van der Waals surface area contributed by atoms with E-state index in [9.17, 15) is 0 Å². The second-order valence-corrected chi connectivity index (χ2v) is 8.03. The topological polar surface area (TPSA) is 38.9 Å². The van der Waals surface area contributed by atoms with Crippen LogP contribution in [0.1, 0.15) is 11.3 Å². The SMILES string of the molecule is Cc1ccc2c(n1)oc1c(-c3cc(-c4cc5ccccc5cc4C)ccn3)cccc12. The normalized spacial score (nSPS) is 11.5. The van der Waals surface area contributed by atoms with Crippen LogP contribution in [0, 0.1) is 13.8 Å². The summed E-state index contributed by atoms with van der Waals surface area (Å²) in [6.07, 6.45) is 1.88. The molecule has 0 radical (unpaired) electrons. The number of benzene rings is 3. The maximum atomic E-state index is 6.19. The number of para-hydroxylation sites is 1. The first-order valence-electron chi connectivity index (χ1n) is 10.4. The van der Waals surface area contributed by atoms with Gasteiger partial charge in [-0.25, -0.2) is 4.98 Å². The van der Waals surface area contributed by atoms with E-state index in [1.807, 2.05) is 19.2 Å². The lowest BCUT2D eigenvalue weighted by Gasteiger charge is -2.10. The molecular formula is C28H20N2O. The first kappa shape index (κ1) is 17.8. The minimum Gasteiger partial charge on any atom is -0.437 e. The molecule has 3 nitrogen and oxygen atoms in total. The van der Waals surface area contributed by atoms with Gasteiger partial charge >= 0.3 is 0 Å². The van der Waals surface area contributed by atoms with Gasteiger partial charge in [-0.3, -0.25) is 4.98 Å². The summed E-state index contributed by atoms with van der Waals surface area (Å²) in [6, 6.07) is 27.5. The van der Waals surface area contributed by atoms with Gasteiger partial charge in [-0.1, -0.05) is 42.5 Å². The number of hydrogen-bond acceptors (Lipinski definition) is 3. The molecular weight excluding hydrogens is 380 g/mol. The Bertz CT molecular complexity index is 1610. The molecule has 0 unspecified atom stereocenters. The van der Waals surface area contributed by atoms with E-state index in [4.69, 9.17) is 4.42 Å². The highest BCUT2D eigenvalue weighted by molar-refractivity contribution is 6.08. The Morgan fingerprint density at radius 2 is 1.55 bits per heavy atom. The molecule has 6 rings (SSSR count). The van der Waals surface area contributed by atoms with Gasteiger partial charge in [0.25, 0.3) is 0 Å². The number of furan rings is 1. The molecule has 0 atom stereocenters. The zero-order chi connectivity index (χ0) is 20.9. The highest BCUT2D eigenvalue weighted by Gasteiger charge is 2.15. The molecule has 3 aromatic heterocycles. The summed E-state index contributed by atoms with van der Waals surface area (Å²) in [5.74, 6) is 0. The Kier molecular flexibility index (Phi) is 3.90. The van der Waals surface area contributed by atoms with E-state index in [1.165, 1.54) is 21.9 Å². The molecule has 3 heterocycles. The summed E-state index contributed by atoms with van der Waals surface area (Å²) < 4.78 is 6.19. The molecule has 0 aliphatic heterocycles. The average molecular weight is 400 g/mol. The lowest BCUT2D eigenvalue weighted by atomic mass is 9.95. The predicted molar refractivity (Wildman–Crippen MR) is 127 cm³/mol. The Balaban J connectivity index is 1.55. The van der Waals surface area contributed by atoms with E-state index >= 15 is 0 Å². The van der Waals surface area contributed by atoms with Crippen LogP contribution < -0.4 is 0 Å². The number of hydrogen-bond donors (Lipinski definition) is 0. The molecule has 0 N–H and O–H groups in total. The van der Waals surface area contributed by atoms with Crippen molar-refractivity contribution < 1.29 is 4.42 Å². The van der Waals surface area contributed by atoms with Gasteiger partial charge in [0.2, 0.25) is 5.71 Å². The maximum absolute atomic E-state index is 6.19. The largest absolute Gasteiger partial charge is 0.437 e. The summed E-state index contributed by atoms with van der Waals surface area (Å²) >= 11 is 0. The van der Waals surface area contributed by atoms with Crippen LogP contribution in [0.5, 0.6) is 0 Å². The summed E-state index contributed by atoms with van der Waals surface area (Å²) in [6.45, 7) is 4.14. The third kappa shape index (κ3) is 2.89. The van der Waals surface area contributed by atoms with Gasteiger partial charge in [0.1, 0.15) is 5.58 Å². The molecule has 0 aliphatic rings. The van der Waals surface area contributed by atoms with Crippen LogP contribution >= 0.6 is 0 Å². The Morgan fingerprint density at radius 3 is 2.42 bits per heavy atom. The lowest BCUT2D eigenvalue weighted by molar-refractivity contribution is 0.653. The third-order valence-electron chi connectivity index (χ3n) is 5.94. The van der Waals surface area contributed by atoms with Crippen molar-refractivity contribution in [3.63, 3.8) is 0 Å². The zero-order valence-electron chi connectivity index (χ0n) is 17.4. The summed E-state index contributed by atoms with van der Waals surface area (Å²) in [5, 5.41) is 4.59. The van der Waals surface area contributed by atoms with E-state index in [-0.39, 0.29) is 0 Å². The van der Waals surface area contributed by atoms with Crippen molar-refractivity contribution in [1.29, 1.82) is 0 Å². The minimum atomic E-state index is 0.670. The summed E-state index contributed by atoms with van der Waals surface area (Å²) in [4.78, 5) is 9.25. The van der Waals surface area contributed by atoms with Crippen molar-refractivity contribution in [2.75, 3.05) is 0 Å². The number of aryl methyl sites for hydroxylation is 2. The van der Waals surface area contributed by atoms with Crippen LogP contribution in [0.2, 0.25) is 0 Å². The van der Waals surface area contributed by atoms with Crippen LogP contribution in [0.25, 0.3) is 55.2 Å². The molecule has 0 saturated carbocycles. The van der Waals surface area contributed by atoms with E-state index in [1.54, 1.807) is 0 Å². The molecule has 0 amide bonds. The zero-order valence-corrected chi connectivity index (χ0v) is 17.4. The van der Waals surface area contributed by atoms with Crippen molar-refractivity contribution in [3.8, 4) is 22.4 Å². The molecule has 0 bridgehead atoms. The quantitative estimate of drug-likeness (QED) is 0.302. The fourth-order valence-corrected chi connectivity index (χ4v) is 4.38. The second-order valence-electron chi connectivity index (χ2n) is 8.03. The van der Waals surface area contributed by atoms with Crippen molar-refractivity contribution >= 4 is 32.8 Å². The number of aromatic nitrogens is 2. The molecule has 148 valence electrons. The van der Waals surface area contributed by atoms with Crippen molar-refractivity contribution in [2.45, 2.75) is 13.8 Å². The average Bonchev–Trinajstić information content (AvgIpc) is 3.16. The molecule has 31 heavy (non-hydrogen) atoms. The van der Waals surface area contributed by atoms with Gasteiger partial charge in [-0.15, -0.1) is 0 Å². The standard InChI is InChI=1S/C28H20N2O/c1-17-14-19-6-3-4-7-20(19)15-25(17)21-12-13-29-26(16-21)24-9-5-8-22-23-11-10-18(2)30-28(23)31-27(22)24/h3-16H,1-2H3. The van der Waals surface area contributed by atoms with E-state index in [0.717, 1.165) is 38.9 Å². The highest BCUT2D eigenvalue weighted by atomic mass is 16.3.